The minimum Gasteiger partial charge on any atom is -0.479 e. The maximum atomic E-state index is 8.44. The van der Waals surface area contributed by atoms with Crippen LogP contribution in [0.4, 0.5) is 0 Å². The van der Waals surface area contributed by atoms with Crippen molar-refractivity contribution in [1.82, 2.24) is 0 Å². The first kappa shape index (κ1) is 7.58. The van der Waals surface area contributed by atoms with E-state index in [2.05, 4.69) is 0 Å². The minimum atomic E-state index is 0.159. The molecule has 3 heteroatoms. The molecule has 0 aliphatic rings. The fourth-order valence-corrected chi connectivity index (χ4v) is 0.722. The molecule has 0 unspecified atom stereocenters. The van der Waals surface area contributed by atoms with E-state index < -0.39 is 0 Å². The SMILES string of the molecule is N#Cc1ccc(OCN)cc1. The van der Waals surface area contributed by atoms with Crippen LogP contribution in [-0.4, -0.2) is 6.73 Å². The van der Waals surface area contributed by atoms with Gasteiger partial charge in [-0.3, -0.25) is 5.73 Å². The second-order valence-corrected chi connectivity index (χ2v) is 1.95. The Morgan fingerprint density at radius 3 is 2.45 bits per heavy atom. The quantitative estimate of drug-likeness (QED) is 0.632. The summed E-state index contributed by atoms with van der Waals surface area (Å²) in [7, 11) is 0. The first-order valence-electron chi connectivity index (χ1n) is 3.20. The van der Waals surface area contributed by atoms with Gasteiger partial charge in [-0.25, -0.2) is 0 Å². The van der Waals surface area contributed by atoms with E-state index in [0.29, 0.717) is 11.3 Å². The zero-order chi connectivity index (χ0) is 8.10. The molecule has 1 aromatic rings. The van der Waals surface area contributed by atoms with Gasteiger partial charge in [0.1, 0.15) is 12.5 Å². The van der Waals surface area contributed by atoms with Gasteiger partial charge in [0.25, 0.3) is 0 Å². The summed E-state index contributed by atoms with van der Waals surface area (Å²) in [4.78, 5) is 0. The van der Waals surface area contributed by atoms with Crippen LogP contribution >= 0.6 is 0 Å². The Balaban J connectivity index is 2.76. The molecule has 1 rings (SSSR count). The average Bonchev–Trinajstić information content (AvgIpc) is 2.07. The number of hydrogen-bond donors (Lipinski definition) is 1. The summed E-state index contributed by atoms with van der Waals surface area (Å²) in [6.45, 7) is 0.159. The molecule has 0 saturated heterocycles. The summed E-state index contributed by atoms with van der Waals surface area (Å²) in [6, 6.07) is 8.81. The molecule has 3 nitrogen and oxygen atoms in total. The van der Waals surface area contributed by atoms with Gasteiger partial charge in [-0.1, -0.05) is 0 Å². The molecule has 11 heavy (non-hydrogen) atoms. The Morgan fingerprint density at radius 2 is 2.00 bits per heavy atom. The highest BCUT2D eigenvalue weighted by molar-refractivity contribution is 5.34. The Hall–Kier alpha value is -1.53. The van der Waals surface area contributed by atoms with E-state index in [4.69, 9.17) is 15.7 Å². The van der Waals surface area contributed by atoms with Gasteiger partial charge in [0.2, 0.25) is 0 Å². The molecule has 0 bridgehead atoms. The van der Waals surface area contributed by atoms with Crippen LogP contribution in [0.15, 0.2) is 24.3 Å². The molecule has 0 radical (unpaired) electrons. The third kappa shape index (κ3) is 1.95. The van der Waals surface area contributed by atoms with Gasteiger partial charge in [0.05, 0.1) is 11.6 Å². The molecule has 0 atom stereocenters. The summed E-state index contributed by atoms with van der Waals surface area (Å²) in [5.41, 5.74) is 5.76. The zero-order valence-corrected chi connectivity index (χ0v) is 5.95. The Kier molecular flexibility index (Phi) is 2.47. The monoisotopic (exact) mass is 148 g/mol. The maximum Gasteiger partial charge on any atom is 0.137 e. The summed E-state index contributed by atoms with van der Waals surface area (Å²) in [5.74, 6) is 0.687. The van der Waals surface area contributed by atoms with Crippen LogP contribution in [0.25, 0.3) is 0 Å². The lowest BCUT2D eigenvalue weighted by Gasteiger charge is -2.00. The summed E-state index contributed by atoms with van der Waals surface area (Å²) in [5, 5.41) is 8.44. The normalized spacial score (nSPS) is 8.73. The van der Waals surface area contributed by atoms with E-state index in [0.717, 1.165) is 0 Å². The van der Waals surface area contributed by atoms with E-state index in [1.165, 1.54) is 0 Å². The van der Waals surface area contributed by atoms with Crippen molar-refractivity contribution in [2.24, 2.45) is 5.73 Å². The van der Waals surface area contributed by atoms with Crippen LogP contribution in [-0.2, 0) is 0 Å². The van der Waals surface area contributed by atoms with Gasteiger partial charge in [-0.05, 0) is 24.3 Å². The highest BCUT2D eigenvalue weighted by Gasteiger charge is 1.91. The molecule has 0 fully saturated rings. The molecule has 0 amide bonds. The lowest BCUT2D eigenvalue weighted by Crippen LogP contribution is -2.06. The van der Waals surface area contributed by atoms with Crippen LogP contribution in [0, 0.1) is 11.3 Å². The van der Waals surface area contributed by atoms with Crippen molar-refractivity contribution in [1.29, 1.82) is 5.26 Å². The molecule has 56 valence electrons. The van der Waals surface area contributed by atoms with Crippen molar-refractivity contribution in [3.8, 4) is 11.8 Å². The summed E-state index contributed by atoms with van der Waals surface area (Å²) >= 11 is 0. The summed E-state index contributed by atoms with van der Waals surface area (Å²) < 4.78 is 4.97. The van der Waals surface area contributed by atoms with Crippen molar-refractivity contribution in [2.75, 3.05) is 6.73 Å². The number of hydrogen-bond acceptors (Lipinski definition) is 3. The first-order chi connectivity index (χ1) is 5.36. The van der Waals surface area contributed by atoms with E-state index in [9.17, 15) is 0 Å². The lowest BCUT2D eigenvalue weighted by atomic mass is 10.2. The van der Waals surface area contributed by atoms with Gasteiger partial charge in [-0.2, -0.15) is 5.26 Å². The number of benzene rings is 1. The van der Waals surface area contributed by atoms with Crippen molar-refractivity contribution in [2.45, 2.75) is 0 Å². The molecule has 0 spiro atoms. The smallest absolute Gasteiger partial charge is 0.137 e. The molecule has 0 aromatic heterocycles. The van der Waals surface area contributed by atoms with Crippen LogP contribution in [0.1, 0.15) is 5.56 Å². The third-order valence-corrected chi connectivity index (χ3v) is 1.23. The van der Waals surface area contributed by atoms with E-state index in [1.54, 1.807) is 24.3 Å². The topological polar surface area (TPSA) is 59.0 Å². The largest absolute Gasteiger partial charge is 0.479 e. The predicted octanol–water partition coefficient (Wildman–Crippen LogP) is 0.853. The number of rotatable bonds is 2. The fraction of sp³-hybridized carbons (Fsp3) is 0.125. The van der Waals surface area contributed by atoms with Crippen LogP contribution in [0.5, 0.6) is 5.75 Å². The van der Waals surface area contributed by atoms with Crippen LogP contribution in [0.3, 0.4) is 0 Å². The highest BCUT2D eigenvalue weighted by atomic mass is 16.5. The maximum absolute atomic E-state index is 8.44. The van der Waals surface area contributed by atoms with Crippen molar-refractivity contribution in [3.05, 3.63) is 29.8 Å². The van der Waals surface area contributed by atoms with Gasteiger partial charge in [0.15, 0.2) is 0 Å². The molecular formula is C8H8N2O. The number of nitrogens with zero attached hydrogens (tertiary/aromatic N) is 1. The third-order valence-electron chi connectivity index (χ3n) is 1.23. The minimum absolute atomic E-state index is 0.159. The van der Waals surface area contributed by atoms with E-state index in [-0.39, 0.29) is 6.73 Å². The van der Waals surface area contributed by atoms with Gasteiger partial charge in [0, 0.05) is 0 Å². The first-order valence-corrected chi connectivity index (χ1v) is 3.20. The molecule has 1 aromatic carbocycles. The predicted molar refractivity (Wildman–Crippen MR) is 40.8 cm³/mol. The van der Waals surface area contributed by atoms with Crippen molar-refractivity contribution in [3.63, 3.8) is 0 Å². The number of nitrogens with two attached hydrogens (primary N) is 1. The Bertz CT molecular complexity index is 260. The Labute approximate surface area is 65.0 Å². The Morgan fingerprint density at radius 1 is 1.36 bits per heavy atom. The highest BCUT2D eigenvalue weighted by Crippen LogP contribution is 2.10. The standard InChI is InChI=1S/C8H8N2O/c9-5-7-1-3-8(4-2-7)11-6-10/h1-4H,6,10H2. The fourth-order valence-electron chi connectivity index (χ4n) is 0.722. The molecule has 0 saturated carbocycles. The van der Waals surface area contributed by atoms with Crippen LogP contribution < -0.4 is 10.5 Å². The molecule has 0 heterocycles. The van der Waals surface area contributed by atoms with Gasteiger partial charge in [-0.15, -0.1) is 0 Å². The van der Waals surface area contributed by atoms with Crippen molar-refractivity contribution < 1.29 is 4.74 Å². The molecule has 0 aliphatic heterocycles. The van der Waals surface area contributed by atoms with Gasteiger partial charge < -0.3 is 4.74 Å². The summed E-state index contributed by atoms with van der Waals surface area (Å²) in [6.07, 6.45) is 0. The van der Waals surface area contributed by atoms with E-state index in [1.807, 2.05) is 6.07 Å². The van der Waals surface area contributed by atoms with Crippen LogP contribution in [0.2, 0.25) is 0 Å². The average molecular weight is 148 g/mol. The molecular weight excluding hydrogens is 140 g/mol. The van der Waals surface area contributed by atoms with E-state index >= 15 is 0 Å². The second kappa shape index (κ2) is 3.59. The zero-order valence-electron chi connectivity index (χ0n) is 5.95. The molecule has 2 N–H and O–H groups in total. The molecule has 0 aliphatic carbocycles. The van der Waals surface area contributed by atoms with Crippen molar-refractivity contribution >= 4 is 0 Å². The second-order valence-electron chi connectivity index (χ2n) is 1.95. The lowest BCUT2D eigenvalue weighted by molar-refractivity contribution is 0.329. The number of ether oxygens (including phenoxy) is 1. The van der Waals surface area contributed by atoms with Gasteiger partial charge >= 0.3 is 0 Å². The number of nitriles is 1.